The third kappa shape index (κ3) is 3.55. The van der Waals surface area contributed by atoms with Gasteiger partial charge in [0.1, 0.15) is 5.82 Å². The van der Waals surface area contributed by atoms with Crippen LogP contribution in [0, 0.1) is 0 Å². The number of hydrogen-bond donors (Lipinski definition) is 1. The van der Waals surface area contributed by atoms with Crippen LogP contribution in [0.25, 0.3) is 0 Å². The Morgan fingerprint density at radius 2 is 1.91 bits per heavy atom. The number of nitrogens with zero attached hydrogens (tertiary/aromatic N) is 2. The van der Waals surface area contributed by atoms with E-state index in [9.17, 15) is 18.0 Å². The van der Waals surface area contributed by atoms with Gasteiger partial charge in [0.2, 0.25) is 5.56 Å². The monoisotopic (exact) mass is 323 g/mol. The van der Waals surface area contributed by atoms with Gasteiger partial charge in [0.25, 0.3) is 0 Å². The zero-order chi connectivity index (χ0) is 16.4. The molecule has 0 radical (unpaired) electrons. The molecule has 0 atom stereocenters. The Balaban J connectivity index is 1.71. The molecule has 0 unspecified atom stereocenters. The number of rotatable bonds is 2. The van der Waals surface area contributed by atoms with E-state index < -0.39 is 11.7 Å². The van der Waals surface area contributed by atoms with Crippen molar-refractivity contribution in [3.63, 3.8) is 0 Å². The lowest BCUT2D eigenvalue weighted by molar-refractivity contribution is -0.137. The van der Waals surface area contributed by atoms with Crippen LogP contribution in [0.3, 0.4) is 0 Å². The summed E-state index contributed by atoms with van der Waals surface area (Å²) < 4.78 is 38.3. The van der Waals surface area contributed by atoms with E-state index in [1.54, 1.807) is 12.3 Å². The maximum absolute atomic E-state index is 12.8. The summed E-state index contributed by atoms with van der Waals surface area (Å²) >= 11 is 0. The van der Waals surface area contributed by atoms with Gasteiger partial charge in [-0.1, -0.05) is 0 Å². The molecular formula is C16H16F3N3O. The van der Waals surface area contributed by atoms with Gasteiger partial charge in [-0.2, -0.15) is 13.2 Å². The highest BCUT2D eigenvalue weighted by atomic mass is 19.4. The van der Waals surface area contributed by atoms with E-state index in [2.05, 4.69) is 9.97 Å². The molecule has 0 bridgehead atoms. The second-order valence-electron chi connectivity index (χ2n) is 5.65. The third-order valence-corrected chi connectivity index (χ3v) is 4.16. The zero-order valence-electron chi connectivity index (χ0n) is 12.3. The lowest BCUT2D eigenvalue weighted by atomic mass is 9.90. The minimum atomic E-state index is -4.36. The topological polar surface area (TPSA) is 49.0 Å². The van der Waals surface area contributed by atoms with Crippen LogP contribution in [0.5, 0.6) is 0 Å². The average Bonchev–Trinajstić information content (AvgIpc) is 2.54. The predicted molar refractivity (Wildman–Crippen MR) is 80.5 cm³/mol. The molecule has 0 aliphatic carbocycles. The zero-order valence-corrected chi connectivity index (χ0v) is 12.3. The highest BCUT2D eigenvalue weighted by Crippen LogP contribution is 2.33. The number of aromatic amines is 1. The number of hydrogen-bond acceptors (Lipinski definition) is 3. The first-order valence-electron chi connectivity index (χ1n) is 7.40. The summed E-state index contributed by atoms with van der Waals surface area (Å²) in [6, 6.07) is 5.53. The molecule has 3 rings (SSSR count). The van der Waals surface area contributed by atoms with Crippen LogP contribution < -0.4 is 10.5 Å². The summed E-state index contributed by atoms with van der Waals surface area (Å²) in [6.07, 6.45) is 0.0171. The molecule has 0 amide bonds. The molecule has 2 aromatic heterocycles. The number of H-pyrrole nitrogens is 1. The first-order valence-corrected chi connectivity index (χ1v) is 7.40. The Morgan fingerprint density at radius 3 is 2.57 bits per heavy atom. The van der Waals surface area contributed by atoms with E-state index >= 15 is 0 Å². The summed E-state index contributed by atoms with van der Waals surface area (Å²) in [7, 11) is 0. The fourth-order valence-electron chi connectivity index (χ4n) is 2.92. The minimum Gasteiger partial charge on any atom is -0.357 e. The third-order valence-electron chi connectivity index (χ3n) is 4.16. The van der Waals surface area contributed by atoms with Crippen LogP contribution in [0.4, 0.5) is 19.0 Å². The maximum Gasteiger partial charge on any atom is 0.416 e. The second-order valence-corrected chi connectivity index (χ2v) is 5.65. The molecule has 3 heterocycles. The Kier molecular flexibility index (Phi) is 4.11. The fourth-order valence-corrected chi connectivity index (χ4v) is 2.92. The lowest BCUT2D eigenvalue weighted by Gasteiger charge is -2.33. The van der Waals surface area contributed by atoms with Gasteiger partial charge in [-0.05, 0) is 42.5 Å². The second kappa shape index (κ2) is 6.06. The SMILES string of the molecule is O=c1cc(C2CCN(c3cc(C(F)(F)F)ccn3)CC2)cc[nH]1. The molecule has 0 spiro atoms. The summed E-state index contributed by atoms with van der Waals surface area (Å²) in [6.45, 7) is 1.23. The molecule has 1 fully saturated rings. The van der Waals surface area contributed by atoms with Gasteiger partial charge in [0.05, 0.1) is 5.56 Å². The lowest BCUT2D eigenvalue weighted by Crippen LogP contribution is -2.33. The van der Waals surface area contributed by atoms with Crippen LogP contribution in [0.1, 0.15) is 29.9 Å². The molecule has 1 aliphatic heterocycles. The summed E-state index contributed by atoms with van der Waals surface area (Å²) in [5.74, 6) is 0.600. The molecule has 1 aliphatic rings. The van der Waals surface area contributed by atoms with Crippen molar-refractivity contribution >= 4 is 5.82 Å². The van der Waals surface area contributed by atoms with E-state index in [1.165, 1.54) is 6.20 Å². The van der Waals surface area contributed by atoms with Crippen molar-refractivity contribution in [2.45, 2.75) is 24.9 Å². The maximum atomic E-state index is 12.8. The number of anilines is 1. The van der Waals surface area contributed by atoms with Crippen molar-refractivity contribution in [3.8, 4) is 0 Å². The quantitative estimate of drug-likeness (QED) is 0.923. The van der Waals surface area contributed by atoms with Crippen molar-refractivity contribution < 1.29 is 13.2 Å². The number of piperidine rings is 1. The Hall–Kier alpha value is -2.31. The van der Waals surface area contributed by atoms with Crippen LogP contribution in [-0.2, 0) is 6.18 Å². The number of aromatic nitrogens is 2. The van der Waals surface area contributed by atoms with Gasteiger partial charge >= 0.3 is 6.18 Å². The molecular weight excluding hydrogens is 307 g/mol. The number of nitrogens with one attached hydrogen (secondary N) is 1. The summed E-state index contributed by atoms with van der Waals surface area (Å²) in [5, 5.41) is 0. The van der Waals surface area contributed by atoms with Gasteiger partial charge in [-0.15, -0.1) is 0 Å². The predicted octanol–water partition coefficient (Wildman–Crippen LogP) is 3.17. The highest BCUT2D eigenvalue weighted by molar-refractivity contribution is 5.42. The average molecular weight is 323 g/mol. The molecule has 1 saturated heterocycles. The molecule has 0 aromatic carbocycles. The van der Waals surface area contributed by atoms with Gasteiger partial charge < -0.3 is 9.88 Å². The Morgan fingerprint density at radius 1 is 1.17 bits per heavy atom. The van der Waals surface area contributed by atoms with E-state index in [0.29, 0.717) is 18.9 Å². The first-order chi connectivity index (χ1) is 10.9. The van der Waals surface area contributed by atoms with E-state index in [4.69, 9.17) is 0 Å². The van der Waals surface area contributed by atoms with Crippen molar-refractivity contribution in [2.75, 3.05) is 18.0 Å². The molecule has 0 saturated carbocycles. The molecule has 1 N–H and O–H groups in total. The van der Waals surface area contributed by atoms with Gasteiger partial charge in [0, 0.05) is 31.5 Å². The number of pyridine rings is 2. The van der Waals surface area contributed by atoms with Crippen molar-refractivity contribution in [3.05, 3.63) is 58.1 Å². The van der Waals surface area contributed by atoms with Crippen LogP contribution in [0.2, 0.25) is 0 Å². The fraction of sp³-hybridized carbons (Fsp3) is 0.375. The Labute approximate surface area is 131 Å². The van der Waals surface area contributed by atoms with Gasteiger partial charge in [0.15, 0.2) is 0 Å². The largest absolute Gasteiger partial charge is 0.416 e. The van der Waals surface area contributed by atoms with Crippen LogP contribution >= 0.6 is 0 Å². The van der Waals surface area contributed by atoms with Crippen LogP contribution in [0.15, 0.2) is 41.5 Å². The van der Waals surface area contributed by atoms with Crippen LogP contribution in [-0.4, -0.2) is 23.1 Å². The van der Waals surface area contributed by atoms with E-state index in [1.807, 2.05) is 11.0 Å². The molecule has 23 heavy (non-hydrogen) atoms. The highest BCUT2D eigenvalue weighted by Gasteiger charge is 2.31. The molecule has 7 heteroatoms. The number of halogens is 3. The minimum absolute atomic E-state index is 0.135. The van der Waals surface area contributed by atoms with Crippen molar-refractivity contribution in [2.24, 2.45) is 0 Å². The number of alkyl halides is 3. The smallest absolute Gasteiger partial charge is 0.357 e. The van der Waals surface area contributed by atoms with E-state index in [0.717, 1.165) is 30.5 Å². The van der Waals surface area contributed by atoms with Crippen molar-refractivity contribution in [1.82, 2.24) is 9.97 Å². The van der Waals surface area contributed by atoms with E-state index in [-0.39, 0.29) is 11.5 Å². The standard InChI is InChI=1S/C16H16F3N3O/c17-16(18,19)13-2-6-20-14(10-13)22-7-3-11(4-8-22)12-1-5-21-15(23)9-12/h1-2,5-6,9-11H,3-4,7-8H2,(H,21,23). The van der Waals surface area contributed by atoms with Gasteiger partial charge in [-0.25, -0.2) is 4.98 Å². The first kappa shape index (κ1) is 15.6. The summed E-state index contributed by atoms with van der Waals surface area (Å²) in [5.41, 5.74) is 0.161. The molecule has 122 valence electrons. The van der Waals surface area contributed by atoms with Crippen molar-refractivity contribution in [1.29, 1.82) is 0 Å². The Bertz CT molecular complexity index is 734. The van der Waals surface area contributed by atoms with Gasteiger partial charge in [-0.3, -0.25) is 4.79 Å². The summed E-state index contributed by atoms with van der Waals surface area (Å²) in [4.78, 5) is 19.9. The molecule has 2 aromatic rings. The normalized spacial score (nSPS) is 16.6. The molecule has 4 nitrogen and oxygen atoms in total.